The molecule has 0 amide bonds. The van der Waals surface area contributed by atoms with Crippen molar-refractivity contribution in [3.8, 4) is 11.5 Å². The number of imidazole rings is 1. The van der Waals surface area contributed by atoms with E-state index >= 15 is 0 Å². The summed E-state index contributed by atoms with van der Waals surface area (Å²) in [5.74, 6) is 2.55. The maximum Gasteiger partial charge on any atom is 0.127 e. The second kappa shape index (κ2) is 12.0. The Hall–Kier alpha value is -2.13. The van der Waals surface area contributed by atoms with E-state index in [2.05, 4.69) is 31.7 Å². The lowest BCUT2D eigenvalue weighted by Crippen LogP contribution is -2.47. The Morgan fingerprint density at radius 3 is 2.74 bits per heavy atom. The number of ether oxygens (including phenoxy) is 2. The highest BCUT2D eigenvalue weighted by Crippen LogP contribution is 2.25. The van der Waals surface area contributed by atoms with Crippen molar-refractivity contribution in [3.05, 3.63) is 42.0 Å². The Kier molecular flexibility index (Phi) is 9.14. The molecule has 1 aromatic carbocycles. The molecule has 0 aliphatic carbocycles. The Labute approximate surface area is 185 Å². The zero-order chi connectivity index (χ0) is 22.1. The first kappa shape index (κ1) is 23.5. The van der Waals surface area contributed by atoms with Crippen LogP contribution in [0.25, 0.3) is 0 Å². The molecule has 1 fully saturated rings. The van der Waals surface area contributed by atoms with Crippen LogP contribution in [0, 0.1) is 6.92 Å². The summed E-state index contributed by atoms with van der Waals surface area (Å²) in [5, 5.41) is 14.0. The first-order valence-electron chi connectivity index (χ1n) is 11.1. The molecule has 1 saturated heterocycles. The minimum atomic E-state index is -0.520. The minimum Gasteiger partial charge on any atom is -0.497 e. The van der Waals surface area contributed by atoms with E-state index in [1.807, 2.05) is 37.5 Å². The third kappa shape index (κ3) is 7.50. The van der Waals surface area contributed by atoms with Gasteiger partial charge in [0.2, 0.25) is 0 Å². The minimum absolute atomic E-state index is 0.270. The number of rotatable bonds is 12. The molecular formula is C23H37N5O3. The fraction of sp³-hybridized carbons (Fsp3) is 0.609. The quantitative estimate of drug-likeness (QED) is 0.492. The molecule has 172 valence electrons. The monoisotopic (exact) mass is 431 g/mol. The smallest absolute Gasteiger partial charge is 0.127 e. The van der Waals surface area contributed by atoms with Crippen molar-refractivity contribution >= 4 is 0 Å². The van der Waals surface area contributed by atoms with E-state index < -0.39 is 6.10 Å². The van der Waals surface area contributed by atoms with Gasteiger partial charge in [-0.2, -0.15) is 0 Å². The molecule has 31 heavy (non-hydrogen) atoms. The van der Waals surface area contributed by atoms with Gasteiger partial charge in [0.1, 0.15) is 30.0 Å². The maximum atomic E-state index is 10.5. The van der Waals surface area contributed by atoms with Gasteiger partial charge in [-0.3, -0.25) is 4.90 Å². The van der Waals surface area contributed by atoms with Gasteiger partial charge in [0.25, 0.3) is 0 Å². The summed E-state index contributed by atoms with van der Waals surface area (Å²) in [4.78, 5) is 8.86. The number of β-amino-alcohol motifs (C(OH)–C–C–N with tert-alkyl or cyclic N) is 1. The summed E-state index contributed by atoms with van der Waals surface area (Å²) in [5.41, 5.74) is 1.06. The number of aliphatic hydroxyl groups excluding tert-OH is 1. The van der Waals surface area contributed by atoms with E-state index in [-0.39, 0.29) is 6.61 Å². The highest BCUT2D eigenvalue weighted by Gasteiger charge is 2.18. The molecule has 0 saturated carbocycles. The molecule has 8 nitrogen and oxygen atoms in total. The molecule has 1 unspecified atom stereocenters. The van der Waals surface area contributed by atoms with E-state index in [1.54, 1.807) is 7.11 Å². The van der Waals surface area contributed by atoms with Crippen LogP contribution in [-0.4, -0.2) is 90.6 Å². The van der Waals surface area contributed by atoms with Crippen molar-refractivity contribution in [1.82, 2.24) is 24.7 Å². The molecular weight excluding hydrogens is 394 g/mol. The molecule has 1 aliphatic heterocycles. The molecule has 2 aromatic rings. The molecule has 0 spiro atoms. The largest absolute Gasteiger partial charge is 0.497 e. The predicted octanol–water partition coefficient (Wildman–Crippen LogP) is 1.37. The second-order valence-electron chi connectivity index (χ2n) is 8.24. The molecule has 2 heterocycles. The van der Waals surface area contributed by atoms with Crippen LogP contribution in [-0.2, 0) is 13.1 Å². The van der Waals surface area contributed by atoms with E-state index in [1.165, 1.54) is 0 Å². The number of likely N-dealkylation sites (N-methyl/N-ethyl adjacent to an activating group) is 1. The number of benzene rings is 1. The van der Waals surface area contributed by atoms with Crippen molar-refractivity contribution in [2.45, 2.75) is 32.5 Å². The van der Waals surface area contributed by atoms with Gasteiger partial charge < -0.3 is 29.4 Å². The third-order valence-electron chi connectivity index (χ3n) is 5.76. The molecule has 1 atom stereocenters. The zero-order valence-electron chi connectivity index (χ0n) is 19.1. The summed E-state index contributed by atoms with van der Waals surface area (Å²) in [6, 6.07) is 5.86. The van der Waals surface area contributed by atoms with Crippen LogP contribution < -0.4 is 14.8 Å². The van der Waals surface area contributed by atoms with Gasteiger partial charge in [-0.25, -0.2) is 4.98 Å². The highest BCUT2D eigenvalue weighted by atomic mass is 16.5. The van der Waals surface area contributed by atoms with Crippen molar-refractivity contribution in [3.63, 3.8) is 0 Å². The number of nitrogens with zero attached hydrogens (tertiary/aromatic N) is 4. The van der Waals surface area contributed by atoms with E-state index in [9.17, 15) is 5.11 Å². The molecule has 0 radical (unpaired) electrons. The standard InChI is InChI=1S/C23H37N5O3/c1-19-25-8-10-28(19)9-4-7-24-16-20-5-6-22(30-3)15-23(20)31-18-21(29)17-27-13-11-26(2)12-14-27/h5-6,8,10,15,21,24,29H,4,7,9,11-14,16-18H2,1-3H3. The van der Waals surface area contributed by atoms with Gasteiger partial charge in [-0.05, 0) is 33.0 Å². The first-order chi connectivity index (χ1) is 15.0. The number of hydrogen-bond donors (Lipinski definition) is 2. The maximum absolute atomic E-state index is 10.5. The Morgan fingerprint density at radius 1 is 1.23 bits per heavy atom. The van der Waals surface area contributed by atoms with Gasteiger partial charge in [0.15, 0.2) is 0 Å². The highest BCUT2D eigenvalue weighted by molar-refractivity contribution is 5.40. The van der Waals surface area contributed by atoms with Gasteiger partial charge in [0.05, 0.1) is 7.11 Å². The van der Waals surface area contributed by atoms with Gasteiger partial charge in [0, 0.05) is 69.8 Å². The topological polar surface area (TPSA) is 75.0 Å². The Bertz CT molecular complexity index is 789. The first-order valence-corrected chi connectivity index (χ1v) is 11.1. The second-order valence-corrected chi connectivity index (χ2v) is 8.24. The van der Waals surface area contributed by atoms with E-state index in [4.69, 9.17) is 9.47 Å². The van der Waals surface area contributed by atoms with Gasteiger partial charge in [-0.15, -0.1) is 0 Å². The van der Waals surface area contributed by atoms with Crippen molar-refractivity contribution < 1.29 is 14.6 Å². The lowest BCUT2D eigenvalue weighted by Gasteiger charge is -2.33. The van der Waals surface area contributed by atoms with Crippen LogP contribution in [0.5, 0.6) is 11.5 Å². The molecule has 2 N–H and O–H groups in total. The van der Waals surface area contributed by atoms with Crippen molar-refractivity contribution in [2.24, 2.45) is 0 Å². The van der Waals surface area contributed by atoms with Gasteiger partial charge >= 0.3 is 0 Å². The van der Waals surface area contributed by atoms with Crippen LogP contribution >= 0.6 is 0 Å². The lowest BCUT2D eigenvalue weighted by atomic mass is 10.2. The SMILES string of the molecule is COc1ccc(CNCCCn2ccnc2C)c(OCC(O)CN2CCN(C)CC2)c1. The number of nitrogens with one attached hydrogen (secondary N) is 1. The molecule has 0 bridgehead atoms. The van der Waals surface area contributed by atoms with Crippen LogP contribution in [0.1, 0.15) is 17.8 Å². The summed E-state index contributed by atoms with van der Waals surface area (Å²) < 4.78 is 13.5. The van der Waals surface area contributed by atoms with Gasteiger partial charge in [-0.1, -0.05) is 6.07 Å². The van der Waals surface area contributed by atoms with Crippen LogP contribution in [0.2, 0.25) is 0 Å². The number of hydrogen-bond acceptors (Lipinski definition) is 7. The summed E-state index contributed by atoms with van der Waals surface area (Å²) in [7, 11) is 3.78. The Balaban J connectivity index is 1.45. The Morgan fingerprint density at radius 2 is 2.03 bits per heavy atom. The summed E-state index contributed by atoms with van der Waals surface area (Å²) in [6.45, 7) is 9.54. The van der Waals surface area contributed by atoms with Crippen LogP contribution in [0.15, 0.2) is 30.6 Å². The summed E-state index contributed by atoms with van der Waals surface area (Å²) >= 11 is 0. The number of aliphatic hydroxyl groups is 1. The van der Waals surface area contributed by atoms with Crippen molar-refractivity contribution in [2.75, 3.05) is 60.0 Å². The van der Waals surface area contributed by atoms with Crippen molar-refractivity contribution in [1.29, 1.82) is 0 Å². The molecule has 8 heteroatoms. The molecule has 1 aromatic heterocycles. The molecule has 3 rings (SSSR count). The van der Waals surface area contributed by atoms with Crippen LogP contribution in [0.3, 0.4) is 0 Å². The predicted molar refractivity (Wildman–Crippen MR) is 122 cm³/mol. The van der Waals surface area contributed by atoms with E-state index in [0.29, 0.717) is 13.1 Å². The van der Waals surface area contributed by atoms with Crippen LogP contribution in [0.4, 0.5) is 0 Å². The number of aromatic nitrogens is 2. The zero-order valence-corrected chi connectivity index (χ0v) is 19.1. The number of aryl methyl sites for hydroxylation is 2. The fourth-order valence-electron chi connectivity index (χ4n) is 3.75. The molecule has 1 aliphatic rings. The fourth-order valence-corrected chi connectivity index (χ4v) is 3.75. The average Bonchev–Trinajstić information content (AvgIpc) is 3.18. The van der Waals surface area contributed by atoms with E-state index in [0.717, 1.165) is 68.6 Å². The number of methoxy groups -OCH3 is 1. The normalized spacial score (nSPS) is 16.4. The number of piperazine rings is 1. The third-order valence-corrected chi connectivity index (χ3v) is 5.76. The summed E-state index contributed by atoms with van der Waals surface area (Å²) in [6.07, 6.45) is 4.35. The average molecular weight is 432 g/mol. The lowest BCUT2D eigenvalue weighted by molar-refractivity contribution is 0.0501.